The molecule has 0 aliphatic heterocycles. The summed E-state index contributed by atoms with van der Waals surface area (Å²) < 4.78 is 5.28. The number of hydrogen-bond donors (Lipinski definition) is 1. The predicted molar refractivity (Wildman–Crippen MR) is 98.4 cm³/mol. The lowest BCUT2D eigenvalue weighted by Gasteiger charge is -2.11. The fourth-order valence-corrected chi connectivity index (χ4v) is 3.28. The fourth-order valence-electron chi connectivity index (χ4n) is 2.52. The molecule has 0 radical (unpaired) electrons. The summed E-state index contributed by atoms with van der Waals surface area (Å²) in [5.74, 6) is 1.93. The molecular weight excluding hydrogens is 306 g/mol. The van der Waals surface area contributed by atoms with E-state index < -0.39 is 0 Å². The molecule has 0 atom stereocenters. The lowest BCUT2D eigenvalue weighted by Crippen LogP contribution is -2.15. The maximum atomic E-state index is 12.1. The van der Waals surface area contributed by atoms with E-state index in [-0.39, 0.29) is 5.91 Å². The minimum absolute atomic E-state index is 0.0109. The van der Waals surface area contributed by atoms with Crippen LogP contribution in [0.3, 0.4) is 0 Å². The van der Waals surface area contributed by atoms with Crippen LogP contribution in [0.2, 0.25) is 0 Å². The summed E-state index contributed by atoms with van der Waals surface area (Å²) in [5, 5.41) is 2.93. The van der Waals surface area contributed by atoms with Gasteiger partial charge < -0.3 is 10.1 Å². The van der Waals surface area contributed by atoms with Gasteiger partial charge >= 0.3 is 0 Å². The molecule has 1 amide bonds. The number of nitrogens with one attached hydrogen (secondary N) is 1. The van der Waals surface area contributed by atoms with Crippen molar-refractivity contribution < 1.29 is 9.53 Å². The van der Waals surface area contributed by atoms with E-state index in [0.29, 0.717) is 11.5 Å². The average molecular weight is 329 g/mol. The number of aryl methyl sites for hydroxylation is 3. The minimum atomic E-state index is -0.0109. The van der Waals surface area contributed by atoms with Gasteiger partial charge in [0.1, 0.15) is 5.75 Å². The Morgan fingerprint density at radius 1 is 1.04 bits per heavy atom. The van der Waals surface area contributed by atoms with Gasteiger partial charge in [0.2, 0.25) is 5.91 Å². The zero-order valence-corrected chi connectivity index (χ0v) is 14.9. The molecule has 3 nitrogen and oxygen atoms in total. The highest BCUT2D eigenvalue weighted by Crippen LogP contribution is 2.25. The van der Waals surface area contributed by atoms with Crippen LogP contribution in [-0.2, 0) is 10.5 Å². The molecule has 0 heterocycles. The lowest BCUT2D eigenvalue weighted by molar-refractivity contribution is -0.113. The topological polar surface area (TPSA) is 38.3 Å². The molecule has 122 valence electrons. The molecule has 0 fully saturated rings. The third-order valence-electron chi connectivity index (χ3n) is 3.41. The summed E-state index contributed by atoms with van der Waals surface area (Å²) in [6, 6.07) is 12.2. The summed E-state index contributed by atoms with van der Waals surface area (Å²) in [6.07, 6.45) is 0. The van der Waals surface area contributed by atoms with Gasteiger partial charge in [-0.25, -0.2) is 0 Å². The summed E-state index contributed by atoms with van der Waals surface area (Å²) >= 11 is 1.62. The number of carbonyl (C=O) groups excluding carboxylic acids is 1. The molecule has 2 aromatic rings. The second-order valence-electron chi connectivity index (χ2n) is 5.74. The van der Waals surface area contributed by atoms with Gasteiger partial charge in [-0.2, -0.15) is 0 Å². The molecule has 0 aliphatic rings. The molecular formula is C19H23NO2S. The Kier molecular flexibility index (Phi) is 6.11. The first-order chi connectivity index (χ1) is 11.0. The van der Waals surface area contributed by atoms with E-state index in [1.807, 2.05) is 25.1 Å². The van der Waals surface area contributed by atoms with Gasteiger partial charge in [-0.05, 0) is 44.0 Å². The average Bonchev–Trinajstić information content (AvgIpc) is 2.46. The zero-order chi connectivity index (χ0) is 16.8. The number of amides is 1. The van der Waals surface area contributed by atoms with Gasteiger partial charge in [0.15, 0.2) is 0 Å². The summed E-state index contributed by atoms with van der Waals surface area (Å²) in [5.41, 5.74) is 5.59. The van der Waals surface area contributed by atoms with Crippen molar-refractivity contribution in [3.63, 3.8) is 0 Å². The van der Waals surface area contributed by atoms with E-state index in [1.54, 1.807) is 18.9 Å². The molecule has 1 N–H and O–H groups in total. The Labute approximate surface area is 142 Å². The number of benzene rings is 2. The highest BCUT2D eigenvalue weighted by Gasteiger charge is 2.08. The predicted octanol–water partition coefficient (Wildman–Crippen LogP) is 4.49. The van der Waals surface area contributed by atoms with E-state index >= 15 is 0 Å². The van der Waals surface area contributed by atoms with E-state index in [1.165, 1.54) is 16.7 Å². The first kappa shape index (κ1) is 17.4. The van der Waals surface area contributed by atoms with Gasteiger partial charge in [0.05, 0.1) is 18.6 Å². The second kappa shape index (κ2) is 8.06. The first-order valence-corrected chi connectivity index (χ1v) is 8.73. The van der Waals surface area contributed by atoms with Crippen LogP contribution in [0.1, 0.15) is 22.3 Å². The Balaban J connectivity index is 1.89. The highest BCUT2D eigenvalue weighted by atomic mass is 32.2. The highest BCUT2D eigenvalue weighted by molar-refractivity contribution is 7.99. The fraction of sp³-hybridized carbons (Fsp3) is 0.316. The number of anilines is 1. The van der Waals surface area contributed by atoms with Crippen molar-refractivity contribution in [2.24, 2.45) is 0 Å². The summed E-state index contributed by atoms with van der Waals surface area (Å²) in [4.78, 5) is 12.1. The maximum absolute atomic E-state index is 12.1. The van der Waals surface area contributed by atoms with Crippen LogP contribution < -0.4 is 10.1 Å². The SMILES string of the molecule is COc1ccc(C)cc1NC(=O)CSCc1cc(C)cc(C)c1. The number of hydrogen-bond acceptors (Lipinski definition) is 3. The van der Waals surface area contributed by atoms with Gasteiger partial charge in [0, 0.05) is 5.75 Å². The Morgan fingerprint density at radius 3 is 2.39 bits per heavy atom. The monoisotopic (exact) mass is 329 g/mol. The number of rotatable bonds is 6. The van der Waals surface area contributed by atoms with E-state index in [0.717, 1.165) is 17.0 Å². The number of methoxy groups -OCH3 is 1. The van der Waals surface area contributed by atoms with Crippen LogP contribution in [0.5, 0.6) is 5.75 Å². The van der Waals surface area contributed by atoms with Crippen molar-refractivity contribution >= 4 is 23.4 Å². The van der Waals surface area contributed by atoms with Gasteiger partial charge in [0.25, 0.3) is 0 Å². The molecule has 0 bridgehead atoms. The quantitative estimate of drug-likeness (QED) is 0.848. The van der Waals surface area contributed by atoms with Gasteiger partial charge in [-0.1, -0.05) is 35.4 Å². The molecule has 0 unspecified atom stereocenters. The molecule has 4 heteroatoms. The van der Waals surface area contributed by atoms with E-state index in [4.69, 9.17) is 4.74 Å². The van der Waals surface area contributed by atoms with Crippen molar-refractivity contribution in [1.29, 1.82) is 0 Å². The van der Waals surface area contributed by atoms with Crippen molar-refractivity contribution in [3.8, 4) is 5.75 Å². The molecule has 23 heavy (non-hydrogen) atoms. The molecule has 0 saturated heterocycles. The van der Waals surface area contributed by atoms with Crippen molar-refractivity contribution in [3.05, 3.63) is 58.7 Å². The van der Waals surface area contributed by atoms with Crippen LogP contribution in [0.25, 0.3) is 0 Å². The van der Waals surface area contributed by atoms with Gasteiger partial charge in [-0.15, -0.1) is 11.8 Å². The molecule has 0 saturated carbocycles. The largest absolute Gasteiger partial charge is 0.495 e. The smallest absolute Gasteiger partial charge is 0.234 e. The molecule has 0 spiro atoms. The van der Waals surface area contributed by atoms with Crippen LogP contribution in [0.4, 0.5) is 5.69 Å². The summed E-state index contributed by atoms with van der Waals surface area (Å²) in [6.45, 7) is 6.18. The van der Waals surface area contributed by atoms with Crippen LogP contribution in [0.15, 0.2) is 36.4 Å². The van der Waals surface area contributed by atoms with Crippen molar-refractivity contribution in [2.45, 2.75) is 26.5 Å². The number of thioether (sulfide) groups is 1. The molecule has 2 rings (SSSR count). The normalized spacial score (nSPS) is 10.4. The number of carbonyl (C=O) groups is 1. The van der Waals surface area contributed by atoms with Gasteiger partial charge in [-0.3, -0.25) is 4.79 Å². The van der Waals surface area contributed by atoms with Crippen LogP contribution in [0, 0.1) is 20.8 Å². The summed E-state index contributed by atoms with van der Waals surface area (Å²) in [7, 11) is 1.61. The minimum Gasteiger partial charge on any atom is -0.495 e. The maximum Gasteiger partial charge on any atom is 0.234 e. The van der Waals surface area contributed by atoms with Crippen molar-refractivity contribution in [2.75, 3.05) is 18.2 Å². The van der Waals surface area contributed by atoms with E-state index in [9.17, 15) is 4.79 Å². The third-order valence-corrected chi connectivity index (χ3v) is 4.42. The molecule has 2 aromatic carbocycles. The standard InChI is InChI=1S/C19H23NO2S/c1-13-5-6-18(22-4)17(10-13)20-19(21)12-23-11-16-8-14(2)7-15(3)9-16/h5-10H,11-12H2,1-4H3,(H,20,21). The number of ether oxygens (including phenoxy) is 1. The Morgan fingerprint density at radius 2 is 1.74 bits per heavy atom. The zero-order valence-electron chi connectivity index (χ0n) is 14.1. The Hall–Kier alpha value is -1.94. The molecule has 0 aliphatic carbocycles. The van der Waals surface area contributed by atoms with Crippen molar-refractivity contribution in [1.82, 2.24) is 0 Å². The Bertz CT molecular complexity index is 678. The van der Waals surface area contributed by atoms with Crippen LogP contribution >= 0.6 is 11.8 Å². The second-order valence-corrected chi connectivity index (χ2v) is 6.73. The van der Waals surface area contributed by atoms with Crippen LogP contribution in [-0.4, -0.2) is 18.8 Å². The molecule has 0 aromatic heterocycles. The van der Waals surface area contributed by atoms with E-state index in [2.05, 4.69) is 37.4 Å². The lowest BCUT2D eigenvalue weighted by atomic mass is 10.1. The first-order valence-electron chi connectivity index (χ1n) is 7.57. The third kappa shape index (κ3) is 5.32.